The highest BCUT2D eigenvalue weighted by Crippen LogP contribution is 2.25. The van der Waals surface area contributed by atoms with Gasteiger partial charge in [0.2, 0.25) is 5.82 Å². The van der Waals surface area contributed by atoms with Gasteiger partial charge in [-0.1, -0.05) is 0 Å². The summed E-state index contributed by atoms with van der Waals surface area (Å²) in [5.41, 5.74) is -1.56. The maximum Gasteiger partial charge on any atom is 0.312 e. The second-order valence-corrected chi connectivity index (χ2v) is 4.70. The number of halogens is 1. The van der Waals surface area contributed by atoms with E-state index in [0.29, 0.717) is 4.47 Å². The second kappa shape index (κ2) is 5.39. The van der Waals surface area contributed by atoms with Gasteiger partial charge in [0.1, 0.15) is 5.60 Å². The standard InChI is InChI=1S/C9H12BrN3O4/c1-9(15,5-14)4-12-8-7(13(16)17)2-6(10)3-11-8/h2-3,14-15H,4-5H2,1H3,(H,11,12). The number of hydrogen-bond acceptors (Lipinski definition) is 6. The summed E-state index contributed by atoms with van der Waals surface area (Å²) in [6.45, 7) is 0.911. The van der Waals surface area contributed by atoms with Crippen LogP contribution in [0.2, 0.25) is 0 Å². The van der Waals surface area contributed by atoms with E-state index in [1.54, 1.807) is 0 Å². The van der Waals surface area contributed by atoms with E-state index in [-0.39, 0.29) is 18.1 Å². The number of nitrogens with one attached hydrogen (secondary N) is 1. The summed E-state index contributed by atoms with van der Waals surface area (Å²) in [6.07, 6.45) is 1.41. The van der Waals surface area contributed by atoms with Crippen LogP contribution in [0, 0.1) is 10.1 Å². The van der Waals surface area contributed by atoms with Crippen molar-refractivity contribution in [3.8, 4) is 0 Å². The zero-order chi connectivity index (χ0) is 13.1. The SMILES string of the molecule is CC(O)(CO)CNc1ncc(Br)cc1[N+](=O)[O-]. The van der Waals surface area contributed by atoms with E-state index >= 15 is 0 Å². The molecule has 0 aliphatic rings. The molecule has 1 atom stereocenters. The molecule has 8 heteroatoms. The first kappa shape index (κ1) is 13.8. The molecule has 0 saturated heterocycles. The average Bonchev–Trinajstić information content (AvgIpc) is 2.27. The van der Waals surface area contributed by atoms with E-state index in [9.17, 15) is 15.2 Å². The highest BCUT2D eigenvalue weighted by molar-refractivity contribution is 9.10. The molecule has 0 fully saturated rings. The molecule has 1 aromatic heterocycles. The molecule has 1 rings (SSSR count). The number of nitrogens with zero attached hydrogens (tertiary/aromatic N) is 2. The van der Waals surface area contributed by atoms with Gasteiger partial charge in [0, 0.05) is 23.3 Å². The van der Waals surface area contributed by atoms with Crippen LogP contribution in [0.5, 0.6) is 0 Å². The van der Waals surface area contributed by atoms with Crippen molar-refractivity contribution < 1.29 is 15.1 Å². The second-order valence-electron chi connectivity index (χ2n) is 3.79. The molecule has 1 unspecified atom stereocenters. The van der Waals surface area contributed by atoms with Crippen LogP contribution in [0.25, 0.3) is 0 Å². The quantitative estimate of drug-likeness (QED) is 0.551. The molecule has 0 aliphatic carbocycles. The minimum Gasteiger partial charge on any atom is -0.393 e. The molecule has 0 radical (unpaired) electrons. The summed E-state index contributed by atoms with van der Waals surface area (Å²) >= 11 is 3.08. The number of hydrogen-bond donors (Lipinski definition) is 3. The van der Waals surface area contributed by atoms with Gasteiger partial charge < -0.3 is 15.5 Å². The Labute approximate surface area is 106 Å². The normalized spacial score (nSPS) is 14.1. The topological polar surface area (TPSA) is 109 Å². The molecule has 3 N–H and O–H groups in total. The third kappa shape index (κ3) is 3.91. The van der Waals surface area contributed by atoms with E-state index in [1.807, 2.05) is 0 Å². The minimum absolute atomic E-state index is 0.0427. The fourth-order valence-electron chi connectivity index (χ4n) is 1.03. The van der Waals surface area contributed by atoms with Crippen LogP contribution in [-0.2, 0) is 0 Å². The molecule has 0 aliphatic heterocycles. The Hall–Kier alpha value is -1.25. The summed E-state index contributed by atoms with van der Waals surface area (Å²) in [7, 11) is 0. The van der Waals surface area contributed by atoms with Crippen LogP contribution in [0.1, 0.15) is 6.92 Å². The van der Waals surface area contributed by atoms with Crippen LogP contribution in [0.15, 0.2) is 16.7 Å². The zero-order valence-electron chi connectivity index (χ0n) is 9.05. The van der Waals surface area contributed by atoms with Crippen molar-refractivity contribution in [2.45, 2.75) is 12.5 Å². The van der Waals surface area contributed by atoms with Gasteiger partial charge in [-0.25, -0.2) is 4.98 Å². The Morgan fingerprint density at radius 2 is 2.35 bits per heavy atom. The first-order valence-corrected chi connectivity index (χ1v) is 5.52. The smallest absolute Gasteiger partial charge is 0.312 e. The molecule has 7 nitrogen and oxygen atoms in total. The Balaban J connectivity index is 2.88. The Kier molecular flexibility index (Phi) is 4.38. The number of nitro groups is 1. The summed E-state index contributed by atoms with van der Waals surface area (Å²) in [4.78, 5) is 14.0. The number of aliphatic hydroxyl groups is 2. The van der Waals surface area contributed by atoms with Gasteiger partial charge in [0.05, 0.1) is 11.5 Å². The number of aromatic nitrogens is 1. The van der Waals surface area contributed by atoms with Crippen molar-refractivity contribution in [3.63, 3.8) is 0 Å². The Morgan fingerprint density at radius 3 is 2.88 bits per heavy atom. The van der Waals surface area contributed by atoms with Gasteiger partial charge in [-0.2, -0.15) is 0 Å². The summed E-state index contributed by atoms with van der Waals surface area (Å²) in [5, 5.41) is 31.8. The van der Waals surface area contributed by atoms with Gasteiger partial charge >= 0.3 is 5.69 Å². The first-order chi connectivity index (χ1) is 7.85. The Morgan fingerprint density at radius 1 is 1.71 bits per heavy atom. The number of aliphatic hydroxyl groups excluding tert-OH is 1. The third-order valence-electron chi connectivity index (χ3n) is 2.01. The monoisotopic (exact) mass is 305 g/mol. The van der Waals surface area contributed by atoms with Crippen LogP contribution in [0.4, 0.5) is 11.5 Å². The number of pyridine rings is 1. The molecule has 1 heterocycles. The molecule has 0 aromatic carbocycles. The maximum atomic E-state index is 10.8. The number of anilines is 1. The van der Waals surface area contributed by atoms with Gasteiger partial charge in [-0.15, -0.1) is 0 Å². The molecule has 1 aromatic rings. The minimum atomic E-state index is -1.36. The van der Waals surface area contributed by atoms with Gasteiger partial charge in [0.25, 0.3) is 0 Å². The van der Waals surface area contributed by atoms with Crippen LogP contribution in [-0.4, -0.2) is 38.9 Å². The van der Waals surface area contributed by atoms with E-state index in [4.69, 9.17) is 5.11 Å². The predicted molar refractivity (Wildman–Crippen MR) is 64.8 cm³/mol. The summed E-state index contributed by atoms with van der Waals surface area (Å²) < 4.78 is 0.490. The lowest BCUT2D eigenvalue weighted by molar-refractivity contribution is -0.384. The molecular formula is C9H12BrN3O4. The lowest BCUT2D eigenvalue weighted by atomic mass is 10.1. The predicted octanol–water partition coefficient (Wildman–Crippen LogP) is 0.907. The average molecular weight is 306 g/mol. The van der Waals surface area contributed by atoms with Crippen LogP contribution >= 0.6 is 15.9 Å². The molecule has 0 spiro atoms. The molecule has 0 saturated carbocycles. The van der Waals surface area contributed by atoms with Crippen molar-refractivity contribution in [1.82, 2.24) is 4.98 Å². The van der Waals surface area contributed by atoms with Crippen molar-refractivity contribution >= 4 is 27.4 Å². The van der Waals surface area contributed by atoms with E-state index in [0.717, 1.165) is 0 Å². The third-order valence-corrected chi connectivity index (χ3v) is 2.44. The van der Waals surface area contributed by atoms with Crippen molar-refractivity contribution in [3.05, 3.63) is 26.9 Å². The van der Waals surface area contributed by atoms with Crippen LogP contribution in [0.3, 0.4) is 0 Å². The molecule has 0 amide bonds. The van der Waals surface area contributed by atoms with E-state index in [2.05, 4.69) is 26.2 Å². The van der Waals surface area contributed by atoms with Gasteiger partial charge in [0.15, 0.2) is 0 Å². The Bertz CT molecular complexity index is 425. The molecule has 94 valence electrons. The first-order valence-electron chi connectivity index (χ1n) is 4.73. The van der Waals surface area contributed by atoms with E-state index in [1.165, 1.54) is 19.2 Å². The highest BCUT2D eigenvalue weighted by atomic mass is 79.9. The van der Waals surface area contributed by atoms with Crippen LogP contribution < -0.4 is 5.32 Å². The highest BCUT2D eigenvalue weighted by Gasteiger charge is 2.22. The van der Waals surface area contributed by atoms with Gasteiger partial charge in [-0.3, -0.25) is 10.1 Å². The lowest BCUT2D eigenvalue weighted by Crippen LogP contribution is -2.37. The largest absolute Gasteiger partial charge is 0.393 e. The van der Waals surface area contributed by atoms with Crippen molar-refractivity contribution in [1.29, 1.82) is 0 Å². The van der Waals surface area contributed by atoms with Gasteiger partial charge in [-0.05, 0) is 22.9 Å². The lowest BCUT2D eigenvalue weighted by Gasteiger charge is -2.20. The molecular weight excluding hydrogens is 294 g/mol. The van der Waals surface area contributed by atoms with E-state index < -0.39 is 17.1 Å². The fraction of sp³-hybridized carbons (Fsp3) is 0.444. The molecule has 17 heavy (non-hydrogen) atoms. The summed E-state index contributed by atoms with van der Waals surface area (Å²) in [5.74, 6) is 0.0481. The van der Waals surface area contributed by atoms with Crippen molar-refractivity contribution in [2.75, 3.05) is 18.5 Å². The fourth-order valence-corrected chi connectivity index (χ4v) is 1.35. The zero-order valence-corrected chi connectivity index (χ0v) is 10.6. The number of rotatable bonds is 5. The maximum absolute atomic E-state index is 10.8. The van der Waals surface area contributed by atoms with Crippen molar-refractivity contribution in [2.24, 2.45) is 0 Å². The summed E-state index contributed by atoms with van der Waals surface area (Å²) in [6, 6.07) is 1.31. The molecule has 0 bridgehead atoms.